The summed E-state index contributed by atoms with van der Waals surface area (Å²) < 4.78 is 5.17. The van der Waals surface area contributed by atoms with Crippen LogP contribution in [-0.4, -0.2) is 11.8 Å². The molecule has 0 spiro atoms. The molecule has 0 fully saturated rings. The van der Waals surface area contributed by atoms with Gasteiger partial charge in [0.05, 0.1) is 12.8 Å². The number of benzene rings is 2. The Kier molecular flexibility index (Phi) is 5.16. The Morgan fingerprint density at radius 3 is 2.32 bits per heavy atom. The van der Waals surface area contributed by atoms with Crippen molar-refractivity contribution in [3.8, 4) is 0 Å². The van der Waals surface area contributed by atoms with E-state index < -0.39 is 0 Å². The van der Waals surface area contributed by atoms with Gasteiger partial charge in [0, 0.05) is 21.8 Å². The van der Waals surface area contributed by atoms with E-state index in [1.165, 1.54) is 0 Å². The SMILES string of the molecule is O=C(NCc1ccco1)c1cccc(C(=O)Nc2ccc(Cl)cc2)c1. The van der Waals surface area contributed by atoms with Crippen molar-refractivity contribution in [1.29, 1.82) is 0 Å². The summed E-state index contributed by atoms with van der Waals surface area (Å²) in [5.74, 6) is 0.0746. The number of anilines is 1. The summed E-state index contributed by atoms with van der Waals surface area (Å²) in [6.07, 6.45) is 1.54. The largest absolute Gasteiger partial charge is 0.467 e. The standard InChI is InChI=1S/C19H15ClN2O3/c20-15-6-8-16(9-7-15)22-19(24)14-4-1-3-13(11-14)18(23)21-12-17-5-2-10-25-17/h1-11H,12H2,(H,21,23)(H,22,24). The first-order valence-corrected chi connectivity index (χ1v) is 7.97. The highest BCUT2D eigenvalue weighted by Gasteiger charge is 2.11. The number of halogens is 1. The summed E-state index contributed by atoms with van der Waals surface area (Å²) in [6.45, 7) is 0.285. The number of rotatable bonds is 5. The van der Waals surface area contributed by atoms with E-state index in [2.05, 4.69) is 10.6 Å². The van der Waals surface area contributed by atoms with Crippen molar-refractivity contribution >= 4 is 29.1 Å². The van der Waals surface area contributed by atoms with Crippen LogP contribution >= 0.6 is 11.6 Å². The minimum atomic E-state index is -0.303. The molecule has 3 rings (SSSR count). The van der Waals surface area contributed by atoms with Gasteiger partial charge in [-0.1, -0.05) is 17.7 Å². The molecule has 0 unspecified atom stereocenters. The lowest BCUT2D eigenvalue weighted by Crippen LogP contribution is -2.23. The molecule has 2 aromatic carbocycles. The highest BCUT2D eigenvalue weighted by atomic mass is 35.5. The average molecular weight is 355 g/mol. The maximum atomic E-state index is 12.3. The number of hydrogen-bond donors (Lipinski definition) is 2. The Morgan fingerprint density at radius 2 is 1.64 bits per heavy atom. The van der Waals surface area contributed by atoms with Crippen molar-refractivity contribution in [2.75, 3.05) is 5.32 Å². The van der Waals surface area contributed by atoms with Crippen molar-refractivity contribution in [3.63, 3.8) is 0 Å². The molecule has 5 nitrogen and oxygen atoms in total. The minimum absolute atomic E-state index is 0.280. The van der Waals surface area contributed by atoms with Gasteiger partial charge in [-0.15, -0.1) is 0 Å². The monoisotopic (exact) mass is 354 g/mol. The Morgan fingerprint density at radius 1 is 0.920 bits per heavy atom. The molecule has 2 N–H and O–H groups in total. The summed E-state index contributed by atoms with van der Waals surface area (Å²) in [7, 11) is 0. The Bertz CT molecular complexity index is 874. The lowest BCUT2D eigenvalue weighted by Gasteiger charge is -2.08. The quantitative estimate of drug-likeness (QED) is 0.724. The molecular formula is C19H15ClN2O3. The maximum Gasteiger partial charge on any atom is 0.255 e. The number of amides is 2. The molecule has 1 heterocycles. The second kappa shape index (κ2) is 7.68. The fraction of sp³-hybridized carbons (Fsp3) is 0.0526. The zero-order valence-corrected chi connectivity index (χ0v) is 13.9. The molecule has 0 bridgehead atoms. The fourth-order valence-electron chi connectivity index (χ4n) is 2.22. The number of carbonyl (C=O) groups is 2. The summed E-state index contributed by atoms with van der Waals surface area (Å²) in [4.78, 5) is 24.5. The van der Waals surface area contributed by atoms with Crippen LogP contribution in [0, 0.1) is 0 Å². The van der Waals surface area contributed by atoms with E-state index in [0.29, 0.717) is 27.6 Å². The molecule has 0 aliphatic heterocycles. The van der Waals surface area contributed by atoms with Gasteiger partial charge in [-0.05, 0) is 54.6 Å². The third kappa shape index (κ3) is 4.49. The van der Waals surface area contributed by atoms with E-state index in [-0.39, 0.29) is 18.4 Å². The Hall–Kier alpha value is -3.05. The molecule has 0 saturated carbocycles. The van der Waals surface area contributed by atoms with Crippen molar-refractivity contribution in [2.24, 2.45) is 0 Å². The first-order valence-electron chi connectivity index (χ1n) is 7.59. The van der Waals surface area contributed by atoms with E-state index in [0.717, 1.165) is 0 Å². The normalized spacial score (nSPS) is 10.3. The van der Waals surface area contributed by atoms with Crippen LogP contribution in [0.1, 0.15) is 26.5 Å². The minimum Gasteiger partial charge on any atom is -0.467 e. The number of nitrogens with one attached hydrogen (secondary N) is 2. The van der Waals surface area contributed by atoms with E-state index in [1.54, 1.807) is 66.9 Å². The molecule has 25 heavy (non-hydrogen) atoms. The fourth-order valence-corrected chi connectivity index (χ4v) is 2.35. The third-order valence-electron chi connectivity index (χ3n) is 3.49. The van der Waals surface area contributed by atoms with Crippen LogP contribution in [0.5, 0.6) is 0 Å². The van der Waals surface area contributed by atoms with Crippen LogP contribution in [-0.2, 0) is 6.54 Å². The summed E-state index contributed by atoms with van der Waals surface area (Å²) in [5.41, 5.74) is 1.41. The van der Waals surface area contributed by atoms with Crippen molar-refractivity contribution < 1.29 is 14.0 Å². The molecule has 0 aliphatic carbocycles. The predicted molar refractivity (Wildman–Crippen MR) is 95.7 cm³/mol. The van der Waals surface area contributed by atoms with Gasteiger partial charge in [-0.2, -0.15) is 0 Å². The molecule has 0 atom stereocenters. The van der Waals surface area contributed by atoms with Gasteiger partial charge in [-0.3, -0.25) is 9.59 Å². The predicted octanol–water partition coefficient (Wildman–Crippen LogP) is 4.12. The van der Waals surface area contributed by atoms with E-state index in [4.69, 9.17) is 16.0 Å². The second-order valence-corrected chi connectivity index (χ2v) is 5.74. The van der Waals surface area contributed by atoms with Gasteiger partial charge in [0.1, 0.15) is 5.76 Å². The zero-order valence-electron chi connectivity index (χ0n) is 13.2. The molecule has 0 saturated heterocycles. The van der Waals surface area contributed by atoms with E-state index in [1.807, 2.05) is 0 Å². The molecule has 1 aromatic heterocycles. The second-order valence-electron chi connectivity index (χ2n) is 5.30. The van der Waals surface area contributed by atoms with Crippen LogP contribution < -0.4 is 10.6 Å². The molecule has 3 aromatic rings. The Balaban J connectivity index is 1.66. The van der Waals surface area contributed by atoms with Crippen LogP contribution in [0.2, 0.25) is 5.02 Å². The van der Waals surface area contributed by atoms with Crippen molar-refractivity contribution in [1.82, 2.24) is 5.32 Å². The summed E-state index contributed by atoms with van der Waals surface area (Å²) in [6, 6.07) is 16.8. The number of hydrogen-bond acceptors (Lipinski definition) is 3. The number of carbonyl (C=O) groups excluding carboxylic acids is 2. The van der Waals surface area contributed by atoms with Crippen molar-refractivity contribution in [2.45, 2.75) is 6.54 Å². The molecule has 2 amide bonds. The Labute approximate surface area is 149 Å². The first-order chi connectivity index (χ1) is 12.1. The van der Waals surface area contributed by atoms with Gasteiger partial charge in [0.2, 0.25) is 0 Å². The molecule has 0 aliphatic rings. The maximum absolute atomic E-state index is 12.3. The zero-order chi connectivity index (χ0) is 17.6. The lowest BCUT2D eigenvalue weighted by atomic mass is 10.1. The molecule has 6 heteroatoms. The molecule has 0 radical (unpaired) electrons. The number of furan rings is 1. The summed E-state index contributed by atoms with van der Waals surface area (Å²) in [5, 5.41) is 6.10. The van der Waals surface area contributed by atoms with Crippen LogP contribution in [0.4, 0.5) is 5.69 Å². The highest BCUT2D eigenvalue weighted by Crippen LogP contribution is 2.15. The molecule has 126 valence electrons. The molecular weight excluding hydrogens is 340 g/mol. The van der Waals surface area contributed by atoms with Crippen LogP contribution in [0.25, 0.3) is 0 Å². The van der Waals surface area contributed by atoms with Gasteiger partial charge >= 0.3 is 0 Å². The van der Waals surface area contributed by atoms with Crippen LogP contribution in [0.15, 0.2) is 71.3 Å². The van der Waals surface area contributed by atoms with Crippen LogP contribution in [0.3, 0.4) is 0 Å². The van der Waals surface area contributed by atoms with Gasteiger partial charge < -0.3 is 15.1 Å². The van der Waals surface area contributed by atoms with E-state index >= 15 is 0 Å². The first kappa shape index (κ1) is 16.8. The van der Waals surface area contributed by atoms with E-state index in [9.17, 15) is 9.59 Å². The highest BCUT2D eigenvalue weighted by molar-refractivity contribution is 6.30. The van der Waals surface area contributed by atoms with Gasteiger partial charge in [0.15, 0.2) is 0 Å². The van der Waals surface area contributed by atoms with Gasteiger partial charge in [0.25, 0.3) is 11.8 Å². The third-order valence-corrected chi connectivity index (χ3v) is 3.74. The van der Waals surface area contributed by atoms with Gasteiger partial charge in [-0.25, -0.2) is 0 Å². The average Bonchev–Trinajstić information content (AvgIpc) is 3.15. The summed E-state index contributed by atoms with van der Waals surface area (Å²) >= 11 is 5.82. The smallest absolute Gasteiger partial charge is 0.255 e. The topological polar surface area (TPSA) is 71.3 Å². The van der Waals surface area contributed by atoms with Crippen molar-refractivity contribution in [3.05, 3.63) is 88.8 Å². The lowest BCUT2D eigenvalue weighted by molar-refractivity contribution is 0.0948.